The van der Waals surface area contributed by atoms with Crippen molar-refractivity contribution in [2.45, 2.75) is 26.2 Å². The van der Waals surface area contributed by atoms with Gasteiger partial charge >= 0.3 is 0 Å². The molecule has 0 saturated carbocycles. The Morgan fingerprint density at radius 3 is 2.84 bits per heavy atom. The van der Waals surface area contributed by atoms with Gasteiger partial charge in [0.1, 0.15) is 11.5 Å². The summed E-state index contributed by atoms with van der Waals surface area (Å²) in [4.78, 5) is 19.5. The molecular formula is C26H27N3O2. The highest BCUT2D eigenvalue weighted by Gasteiger charge is 2.24. The number of nitrogens with zero attached hydrogens (tertiary/aromatic N) is 2. The van der Waals surface area contributed by atoms with Crippen molar-refractivity contribution in [1.29, 1.82) is 0 Å². The second kappa shape index (κ2) is 8.16. The van der Waals surface area contributed by atoms with Gasteiger partial charge in [-0.25, -0.2) is 4.98 Å². The number of amides is 1. The Labute approximate surface area is 182 Å². The second-order valence-electron chi connectivity index (χ2n) is 8.24. The fraction of sp³-hybridized carbons (Fsp3) is 0.308. The summed E-state index contributed by atoms with van der Waals surface area (Å²) in [6, 6.07) is 14.7. The van der Waals surface area contributed by atoms with E-state index in [4.69, 9.17) is 9.72 Å². The molecule has 1 amide bonds. The molecule has 3 aromatic rings. The number of carbonyl (C=O) groups excluding carboxylic acids is 1. The van der Waals surface area contributed by atoms with Gasteiger partial charge in [-0.15, -0.1) is 0 Å². The molecule has 0 unspecified atom stereocenters. The van der Waals surface area contributed by atoms with Crippen LogP contribution in [0.3, 0.4) is 0 Å². The van der Waals surface area contributed by atoms with Crippen molar-refractivity contribution in [1.82, 2.24) is 10.3 Å². The van der Waals surface area contributed by atoms with Crippen LogP contribution in [-0.4, -0.2) is 37.7 Å². The predicted molar refractivity (Wildman–Crippen MR) is 125 cm³/mol. The Hall–Kier alpha value is -3.18. The van der Waals surface area contributed by atoms with Gasteiger partial charge in [0.25, 0.3) is 5.91 Å². The lowest BCUT2D eigenvalue weighted by Crippen LogP contribution is -2.27. The first-order valence-electron chi connectivity index (χ1n) is 11.0. The van der Waals surface area contributed by atoms with Crippen LogP contribution in [0.25, 0.3) is 16.3 Å². The third-order valence-corrected chi connectivity index (χ3v) is 6.29. The van der Waals surface area contributed by atoms with Crippen molar-refractivity contribution in [2.24, 2.45) is 0 Å². The molecule has 0 spiro atoms. The summed E-state index contributed by atoms with van der Waals surface area (Å²) in [5.41, 5.74) is 6.98. The molecule has 5 heteroatoms. The lowest BCUT2D eigenvalue weighted by atomic mass is 9.90. The van der Waals surface area contributed by atoms with Crippen LogP contribution in [0.1, 0.15) is 40.0 Å². The highest BCUT2D eigenvalue weighted by Crippen LogP contribution is 2.39. The molecule has 158 valence electrons. The number of hydrogen-bond acceptors (Lipinski definition) is 4. The van der Waals surface area contributed by atoms with Crippen LogP contribution in [0.4, 0.5) is 11.5 Å². The number of carbonyl (C=O) groups is 1. The highest BCUT2D eigenvalue weighted by atomic mass is 16.5. The number of benzene rings is 2. The number of aryl methyl sites for hydroxylation is 2. The topological polar surface area (TPSA) is 54.5 Å². The largest absolute Gasteiger partial charge is 0.377 e. The predicted octanol–water partition coefficient (Wildman–Crippen LogP) is 4.79. The van der Waals surface area contributed by atoms with Gasteiger partial charge in [0.2, 0.25) is 0 Å². The smallest absolute Gasteiger partial charge is 0.269 e. The monoisotopic (exact) mass is 413 g/mol. The van der Waals surface area contributed by atoms with E-state index >= 15 is 0 Å². The van der Waals surface area contributed by atoms with Gasteiger partial charge in [-0.05, 0) is 72.0 Å². The van der Waals surface area contributed by atoms with Crippen molar-refractivity contribution in [3.05, 3.63) is 70.9 Å². The van der Waals surface area contributed by atoms with Gasteiger partial charge in [0.15, 0.2) is 0 Å². The van der Waals surface area contributed by atoms with Crippen LogP contribution in [-0.2, 0) is 11.2 Å². The average Bonchev–Trinajstić information content (AvgIpc) is 2.82. The molecule has 5 nitrogen and oxygen atoms in total. The minimum absolute atomic E-state index is 0.165. The van der Waals surface area contributed by atoms with Crippen molar-refractivity contribution in [3.8, 4) is 0 Å². The van der Waals surface area contributed by atoms with Gasteiger partial charge in [-0.1, -0.05) is 30.3 Å². The normalized spacial score (nSPS) is 16.1. The van der Waals surface area contributed by atoms with Crippen molar-refractivity contribution < 1.29 is 9.53 Å². The van der Waals surface area contributed by atoms with Crippen LogP contribution < -0.4 is 10.2 Å². The number of ether oxygens (including phenoxy) is 1. The number of rotatable bonds is 3. The Balaban J connectivity index is 1.65. The summed E-state index contributed by atoms with van der Waals surface area (Å²) in [5, 5.41) is 4.81. The van der Waals surface area contributed by atoms with Gasteiger partial charge < -0.3 is 15.0 Å². The molecule has 0 bridgehead atoms. The second-order valence-corrected chi connectivity index (χ2v) is 8.24. The third-order valence-electron chi connectivity index (χ3n) is 6.29. The molecule has 3 heterocycles. The maximum atomic E-state index is 12.4. The molecule has 2 aliphatic heterocycles. The Kier molecular flexibility index (Phi) is 5.20. The van der Waals surface area contributed by atoms with Crippen molar-refractivity contribution >= 4 is 33.8 Å². The fourth-order valence-electron chi connectivity index (χ4n) is 4.71. The zero-order chi connectivity index (χ0) is 21.4. The van der Waals surface area contributed by atoms with Crippen LogP contribution in [0, 0.1) is 6.92 Å². The molecule has 0 saturated heterocycles. The van der Waals surface area contributed by atoms with Crippen LogP contribution in [0.5, 0.6) is 0 Å². The number of pyridine rings is 1. The third kappa shape index (κ3) is 3.59. The Morgan fingerprint density at radius 2 is 2.03 bits per heavy atom. The summed E-state index contributed by atoms with van der Waals surface area (Å²) < 4.78 is 5.50. The summed E-state index contributed by atoms with van der Waals surface area (Å²) in [6.07, 6.45) is 5.28. The maximum Gasteiger partial charge on any atom is 0.269 e. The SMILES string of the molecule is CNC(=O)c1cc2ccccc2c(N2CCCc3cc(C4=CCOCC4)c(C)cc32)n1. The van der Waals surface area contributed by atoms with E-state index in [0.717, 1.165) is 49.0 Å². The summed E-state index contributed by atoms with van der Waals surface area (Å²) in [6.45, 7) is 4.55. The number of nitrogens with one attached hydrogen (secondary N) is 1. The van der Waals surface area contributed by atoms with E-state index in [1.54, 1.807) is 7.05 Å². The van der Waals surface area contributed by atoms with Crippen LogP contribution in [0.15, 0.2) is 48.5 Å². The van der Waals surface area contributed by atoms with Crippen LogP contribution >= 0.6 is 0 Å². The van der Waals surface area contributed by atoms with E-state index in [9.17, 15) is 4.79 Å². The summed E-state index contributed by atoms with van der Waals surface area (Å²) in [7, 11) is 1.64. The number of aromatic nitrogens is 1. The highest BCUT2D eigenvalue weighted by molar-refractivity contribution is 6.01. The molecule has 5 rings (SSSR count). The first-order valence-corrected chi connectivity index (χ1v) is 11.0. The molecule has 0 atom stereocenters. The van der Waals surface area contributed by atoms with Crippen molar-refractivity contribution in [2.75, 3.05) is 31.7 Å². The first-order chi connectivity index (χ1) is 15.2. The van der Waals surface area contributed by atoms with E-state index < -0.39 is 0 Å². The summed E-state index contributed by atoms with van der Waals surface area (Å²) >= 11 is 0. The molecule has 31 heavy (non-hydrogen) atoms. The maximum absolute atomic E-state index is 12.4. The quantitative estimate of drug-likeness (QED) is 0.671. The van der Waals surface area contributed by atoms with Crippen LogP contribution in [0.2, 0.25) is 0 Å². The van der Waals surface area contributed by atoms with Gasteiger partial charge in [0, 0.05) is 24.7 Å². The lowest BCUT2D eigenvalue weighted by Gasteiger charge is -2.33. The Morgan fingerprint density at radius 1 is 1.16 bits per heavy atom. The number of fused-ring (bicyclic) bond motifs is 2. The zero-order valence-corrected chi connectivity index (χ0v) is 18.1. The van der Waals surface area contributed by atoms with Crippen molar-refractivity contribution in [3.63, 3.8) is 0 Å². The molecule has 0 aliphatic carbocycles. The molecule has 0 fully saturated rings. The van der Waals surface area contributed by atoms with E-state index in [0.29, 0.717) is 12.3 Å². The van der Waals surface area contributed by atoms with E-state index in [2.05, 4.69) is 41.4 Å². The molecule has 2 aliphatic rings. The van der Waals surface area contributed by atoms with Gasteiger partial charge in [-0.2, -0.15) is 0 Å². The number of anilines is 2. The minimum atomic E-state index is -0.165. The molecule has 2 aromatic carbocycles. The summed E-state index contributed by atoms with van der Waals surface area (Å²) in [5.74, 6) is 0.692. The molecular weight excluding hydrogens is 386 g/mol. The lowest BCUT2D eigenvalue weighted by molar-refractivity contribution is 0.0958. The zero-order valence-electron chi connectivity index (χ0n) is 18.1. The standard InChI is InChI=1S/C26H27N3O2/c1-17-14-24-20(15-22(17)18-9-12-31-13-10-18)7-5-11-29(24)25-21-8-4-3-6-19(21)16-23(28-25)26(30)27-2/h3-4,6,8-9,14-16H,5,7,10-13H2,1-2H3,(H,27,30). The molecule has 1 N–H and O–H groups in total. The average molecular weight is 414 g/mol. The molecule has 1 aromatic heterocycles. The van der Waals surface area contributed by atoms with E-state index in [-0.39, 0.29) is 5.91 Å². The first kappa shape index (κ1) is 19.8. The fourth-order valence-corrected chi connectivity index (χ4v) is 4.71. The molecule has 0 radical (unpaired) electrons. The number of hydrogen-bond donors (Lipinski definition) is 1. The van der Waals surface area contributed by atoms with Gasteiger partial charge in [0.05, 0.1) is 13.2 Å². The Bertz CT molecular complexity index is 1200. The van der Waals surface area contributed by atoms with Gasteiger partial charge in [-0.3, -0.25) is 4.79 Å². The van der Waals surface area contributed by atoms with E-state index in [1.165, 1.54) is 28.0 Å². The minimum Gasteiger partial charge on any atom is -0.377 e. The van der Waals surface area contributed by atoms with E-state index in [1.807, 2.05) is 24.3 Å².